The molecule has 1 aliphatic rings. The van der Waals surface area contributed by atoms with Gasteiger partial charge < -0.3 is 9.47 Å². The second-order valence-electron chi connectivity index (χ2n) is 8.07. The third kappa shape index (κ3) is 5.50. The van der Waals surface area contributed by atoms with E-state index >= 15 is 0 Å². The Morgan fingerprint density at radius 2 is 1.68 bits per heavy atom. The number of hydrogen-bond donors (Lipinski definition) is 1. The first-order chi connectivity index (χ1) is 18.9. The molecule has 1 fully saturated rings. The van der Waals surface area contributed by atoms with Gasteiger partial charge in [0.2, 0.25) is 5.75 Å². The minimum atomic E-state index is -4.83. The summed E-state index contributed by atoms with van der Waals surface area (Å²) in [5, 5.41) is 13.5. The number of nitro benzene ring substituents is 1. The van der Waals surface area contributed by atoms with Gasteiger partial charge in [0.15, 0.2) is 0 Å². The molecule has 0 aromatic heterocycles. The van der Waals surface area contributed by atoms with E-state index in [1.165, 1.54) is 55.6 Å². The van der Waals surface area contributed by atoms with Gasteiger partial charge in [0.05, 0.1) is 28.8 Å². The second-order valence-corrected chi connectivity index (χ2v) is 8.07. The first kappa shape index (κ1) is 27.5. The molecule has 3 aromatic rings. The van der Waals surface area contributed by atoms with Crippen LogP contribution in [0, 0.1) is 10.1 Å². The Morgan fingerprint density at radius 3 is 2.30 bits per heavy atom. The van der Waals surface area contributed by atoms with Gasteiger partial charge >= 0.3 is 23.9 Å². The van der Waals surface area contributed by atoms with Crippen molar-refractivity contribution in [3.8, 4) is 11.5 Å². The van der Waals surface area contributed by atoms with Crippen molar-refractivity contribution in [1.82, 2.24) is 5.32 Å². The van der Waals surface area contributed by atoms with E-state index in [-0.39, 0.29) is 22.6 Å². The van der Waals surface area contributed by atoms with Gasteiger partial charge in [-0.1, -0.05) is 18.2 Å². The van der Waals surface area contributed by atoms with Crippen LogP contribution in [-0.2, 0) is 20.5 Å². The number of imide groups is 2. The van der Waals surface area contributed by atoms with Crippen molar-refractivity contribution in [1.29, 1.82) is 0 Å². The van der Waals surface area contributed by atoms with Crippen molar-refractivity contribution in [2.75, 3.05) is 12.0 Å². The molecule has 1 heterocycles. The molecule has 0 spiro atoms. The van der Waals surface area contributed by atoms with Gasteiger partial charge in [0, 0.05) is 11.6 Å². The highest BCUT2D eigenvalue weighted by atomic mass is 19.4. The van der Waals surface area contributed by atoms with E-state index in [0.29, 0.717) is 17.0 Å². The third-order valence-corrected chi connectivity index (χ3v) is 5.57. The molecular weight excluding hydrogens is 539 g/mol. The fourth-order valence-corrected chi connectivity index (χ4v) is 3.65. The van der Waals surface area contributed by atoms with Crippen LogP contribution in [0.4, 0.5) is 29.3 Å². The highest BCUT2D eigenvalue weighted by Gasteiger charge is 2.37. The molecule has 14 heteroatoms. The highest BCUT2D eigenvalue weighted by Crippen LogP contribution is 2.39. The topological polar surface area (TPSA) is 145 Å². The zero-order valence-electron chi connectivity index (χ0n) is 20.2. The first-order valence-electron chi connectivity index (χ1n) is 11.1. The largest absolute Gasteiger partial charge is 0.465 e. The van der Waals surface area contributed by atoms with Gasteiger partial charge in [-0.15, -0.1) is 0 Å². The maximum Gasteiger partial charge on any atom is 0.416 e. The highest BCUT2D eigenvalue weighted by molar-refractivity contribution is 6.39. The number of rotatable bonds is 6. The number of halogens is 3. The van der Waals surface area contributed by atoms with Gasteiger partial charge in [-0.2, -0.15) is 13.2 Å². The number of urea groups is 1. The van der Waals surface area contributed by atoms with E-state index in [1.807, 2.05) is 5.32 Å². The Hall–Kier alpha value is -5.53. The lowest BCUT2D eigenvalue weighted by molar-refractivity contribution is -0.385. The molecule has 4 rings (SSSR count). The second kappa shape index (κ2) is 10.7. The van der Waals surface area contributed by atoms with E-state index in [2.05, 4.69) is 4.74 Å². The minimum Gasteiger partial charge on any atom is -0.465 e. The molecule has 0 unspecified atom stereocenters. The van der Waals surface area contributed by atoms with Crippen LogP contribution in [0.5, 0.6) is 11.5 Å². The van der Waals surface area contributed by atoms with E-state index < -0.39 is 57.5 Å². The van der Waals surface area contributed by atoms with E-state index in [0.717, 1.165) is 12.1 Å². The lowest BCUT2D eigenvalue weighted by atomic mass is 10.1. The molecule has 0 saturated carbocycles. The number of carbonyl (C=O) groups excluding carboxylic acids is 4. The Balaban J connectivity index is 1.70. The predicted molar refractivity (Wildman–Crippen MR) is 131 cm³/mol. The summed E-state index contributed by atoms with van der Waals surface area (Å²) in [7, 11) is 1.18. The molecule has 0 radical (unpaired) electrons. The number of nitrogens with one attached hydrogen (secondary N) is 1. The number of methoxy groups -OCH3 is 1. The fourth-order valence-electron chi connectivity index (χ4n) is 3.65. The smallest absolute Gasteiger partial charge is 0.416 e. The summed E-state index contributed by atoms with van der Waals surface area (Å²) in [5.74, 6) is -3.39. The molecule has 1 saturated heterocycles. The Morgan fingerprint density at radius 1 is 1.00 bits per heavy atom. The number of esters is 1. The molecule has 1 aliphatic heterocycles. The quantitative estimate of drug-likeness (QED) is 0.149. The molecule has 40 heavy (non-hydrogen) atoms. The Bertz CT molecular complexity index is 1580. The van der Waals surface area contributed by atoms with Crippen LogP contribution >= 0.6 is 0 Å². The summed E-state index contributed by atoms with van der Waals surface area (Å²) < 4.78 is 49.3. The summed E-state index contributed by atoms with van der Waals surface area (Å²) in [4.78, 5) is 61.0. The number of anilines is 1. The van der Waals surface area contributed by atoms with Crippen LogP contribution in [0.25, 0.3) is 6.08 Å². The number of nitrogens with zero attached hydrogens (tertiary/aromatic N) is 2. The summed E-state index contributed by atoms with van der Waals surface area (Å²) in [6.45, 7) is 0. The van der Waals surface area contributed by atoms with Crippen molar-refractivity contribution in [2.24, 2.45) is 0 Å². The summed E-state index contributed by atoms with van der Waals surface area (Å²) in [5.41, 5.74) is -2.52. The average Bonchev–Trinajstić information content (AvgIpc) is 2.91. The van der Waals surface area contributed by atoms with Crippen LogP contribution in [0.2, 0.25) is 0 Å². The fraction of sp³-hybridized carbons (Fsp3) is 0.0769. The van der Waals surface area contributed by atoms with Crippen molar-refractivity contribution in [3.63, 3.8) is 0 Å². The van der Waals surface area contributed by atoms with Crippen LogP contribution in [0.15, 0.2) is 72.3 Å². The molecule has 204 valence electrons. The van der Waals surface area contributed by atoms with Crippen molar-refractivity contribution in [2.45, 2.75) is 6.18 Å². The SMILES string of the molecule is COC(=O)c1ccc(N2C(=O)NC(=O)/C(=C\c3ccccc3Oc3ccc(C(F)(F)F)cc3[N+](=O)[O-])C2=O)cc1. The number of barbiturate groups is 1. The lowest BCUT2D eigenvalue weighted by Crippen LogP contribution is -2.54. The molecule has 4 amide bonds. The monoisotopic (exact) mass is 555 g/mol. The van der Waals surface area contributed by atoms with Crippen molar-refractivity contribution in [3.05, 3.63) is 99.1 Å². The van der Waals surface area contributed by atoms with Gasteiger partial charge in [-0.05, 0) is 48.5 Å². The summed E-state index contributed by atoms with van der Waals surface area (Å²) >= 11 is 0. The molecule has 1 N–H and O–H groups in total. The number of alkyl halides is 3. The Labute approximate surface area is 222 Å². The maximum absolute atomic E-state index is 13.2. The zero-order valence-corrected chi connectivity index (χ0v) is 20.2. The number of amides is 4. The molecule has 3 aromatic carbocycles. The maximum atomic E-state index is 13.2. The summed E-state index contributed by atoms with van der Waals surface area (Å²) in [6.07, 6.45) is -3.77. The average molecular weight is 555 g/mol. The van der Waals surface area contributed by atoms with Crippen molar-refractivity contribution < 1.29 is 46.7 Å². The molecule has 0 atom stereocenters. The molecule has 11 nitrogen and oxygen atoms in total. The third-order valence-electron chi connectivity index (χ3n) is 5.57. The van der Waals surface area contributed by atoms with Gasteiger partial charge in [0.25, 0.3) is 11.8 Å². The number of para-hydroxylation sites is 1. The molecule has 0 bridgehead atoms. The van der Waals surface area contributed by atoms with Crippen LogP contribution in [0.1, 0.15) is 21.5 Å². The van der Waals surface area contributed by atoms with E-state index in [9.17, 15) is 42.5 Å². The number of hydrogen-bond acceptors (Lipinski definition) is 8. The normalized spacial score (nSPS) is 14.7. The number of nitro groups is 1. The minimum absolute atomic E-state index is 0.0264. The summed E-state index contributed by atoms with van der Waals surface area (Å²) in [6, 6.07) is 11.5. The van der Waals surface area contributed by atoms with Crippen LogP contribution < -0.4 is 15.0 Å². The standard InChI is InChI=1S/C26H16F3N3O8/c1-39-24(35)14-6-9-17(10-7-14)31-23(34)18(22(33)30-25(31)36)12-15-4-2-3-5-20(15)40-21-11-8-16(26(27,28)29)13-19(21)32(37)38/h2-13H,1H3,(H,30,33,36)/b18-12+. The van der Waals surface area contributed by atoms with Crippen LogP contribution in [-0.4, -0.2) is 35.8 Å². The van der Waals surface area contributed by atoms with Gasteiger partial charge in [-0.3, -0.25) is 25.0 Å². The number of benzene rings is 3. The van der Waals surface area contributed by atoms with Crippen LogP contribution in [0.3, 0.4) is 0 Å². The number of ether oxygens (including phenoxy) is 2. The molecular formula is C26H16F3N3O8. The lowest BCUT2D eigenvalue weighted by Gasteiger charge is -2.26. The zero-order chi connectivity index (χ0) is 29.2. The Kier molecular flexibility index (Phi) is 7.35. The van der Waals surface area contributed by atoms with Gasteiger partial charge in [-0.25, -0.2) is 14.5 Å². The number of carbonyl (C=O) groups is 4. The first-order valence-corrected chi connectivity index (χ1v) is 11.1. The van der Waals surface area contributed by atoms with E-state index in [1.54, 1.807) is 0 Å². The molecule has 0 aliphatic carbocycles. The predicted octanol–water partition coefficient (Wildman–Crippen LogP) is 4.86. The van der Waals surface area contributed by atoms with Crippen molar-refractivity contribution >= 4 is 41.3 Å². The van der Waals surface area contributed by atoms with E-state index in [4.69, 9.17) is 4.74 Å². The van der Waals surface area contributed by atoms with Gasteiger partial charge in [0.1, 0.15) is 11.3 Å².